The molecule has 0 bridgehead atoms. The summed E-state index contributed by atoms with van der Waals surface area (Å²) < 4.78 is 19.4. The Morgan fingerprint density at radius 2 is 0.581 bits per heavy atom. The monoisotopic (exact) mass is 1100 g/mol. The van der Waals surface area contributed by atoms with Gasteiger partial charge >= 0.3 is 0 Å². The fourth-order valence-electron chi connectivity index (χ4n) is 14.8. The number of para-hydroxylation sites is 8. The van der Waals surface area contributed by atoms with E-state index in [4.69, 9.17) is 8.83 Å². The lowest BCUT2D eigenvalue weighted by atomic mass is 9.98. The minimum absolute atomic E-state index is 0.849. The number of hydrogen-bond donors (Lipinski definition) is 0. The third-order valence-electron chi connectivity index (χ3n) is 18.6. The number of benzene rings is 13. The van der Waals surface area contributed by atoms with Gasteiger partial charge in [0.15, 0.2) is 11.2 Å². The number of nitrogens with zero attached hydrogens (tertiary/aromatic N) is 4. The molecule has 86 heavy (non-hydrogen) atoms. The second kappa shape index (κ2) is 17.6. The number of fused-ring (bicyclic) bond motifs is 18. The van der Waals surface area contributed by atoms with E-state index in [1.807, 2.05) is 0 Å². The second-order valence-corrected chi connectivity index (χ2v) is 23.2. The van der Waals surface area contributed by atoms with Crippen molar-refractivity contribution in [2.45, 2.75) is 13.8 Å². The molecule has 0 amide bonds. The molecular weight excluding hydrogens is 1050 g/mol. The molecule has 402 valence electrons. The van der Waals surface area contributed by atoms with E-state index < -0.39 is 0 Å². The van der Waals surface area contributed by atoms with Crippen LogP contribution in [0.25, 0.3) is 142 Å². The van der Waals surface area contributed by atoms with Crippen molar-refractivity contribution >= 4 is 154 Å². The lowest BCUT2D eigenvalue weighted by molar-refractivity contribution is 0.670. The Morgan fingerprint density at radius 1 is 0.244 bits per heavy atom. The maximum Gasteiger partial charge on any atom is 0.159 e. The van der Waals surface area contributed by atoms with Crippen LogP contribution in [0.2, 0.25) is 0 Å². The molecule has 6 heterocycles. The zero-order valence-electron chi connectivity index (χ0n) is 47.0. The minimum Gasteiger partial charge on any atom is -0.453 e. The molecule has 0 N–H and O–H groups in total. The first-order chi connectivity index (χ1) is 42.5. The maximum absolute atomic E-state index is 7.15. The number of hydrogen-bond acceptors (Lipinski definition) is 4. The molecule has 0 fully saturated rings. The summed E-state index contributed by atoms with van der Waals surface area (Å²) in [6.45, 7) is 4.34. The van der Waals surface area contributed by atoms with Crippen molar-refractivity contribution in [3.8, 4) is 22.3 Å². The van der Waals surface area contributed by atoms with Gasteiger partial charge in [0.05, 0.1) is 44.5 Å². The van der Waals surface area contributed by atoms with E-state index in [-0.39, 0.29) is 0 Å². The molecule has 0 radical (unpaired) electrons. The maximum atomic E-state index is 7.15. The standard InChI is InChI=1S/C80H50N4O2/c1-47-19-9-11-25-53(47)61-31-15-33-63-65-35-17-37-69(79(65)85-77(61)63)81(49-21-5-3-6-22-49)51-39-41-55-57-27-13-29-59-67-46-74-68(45-73(67)83(75(57)59)71(55)43-51)60-30-14-28-58-56-42-40-52(44-72(56)84(74)76(58)60)82(50-23-7-4-8-24-50)70-38-18-36-66-64-34-16-32-62(78(64)86-80(66)70)54-26-12-10-20-48(54)2/h3-46H,1-2H3. The SMILES string of the molecule is Cc1ccccc1-c1cccc2c1oc1c(N(c3ccccc3)c3ccc4c5cccc6c7cc8c(cc7n(c4c3)c56)c3cccc4c5ccc(N(c6ccccc6)c6cccc7c6oc6c(-c9ccccc9C)cccc67)cc5n8c43)cccc12. The van der Waals surface area contributed by atoms with Crippen LogP contribution in [-0.2, 0) is 0 Å². The van der Waals surface area contributed by atoms with Crippen LogP contribution in [0, 0.1) is 13.8 Å². The molecule has 0 saturated carbocycles. The van der Waals surface area contributed by atoms with Gasteiger partial charge in [-0.3, -0.25) is 0 Å². The molecule has 0 saturated heterocycles. The molecule has 13 aromatic carbocycles. The van der Waals surface area contributed by atoms with Gasteiger partial charge in [-0.25, -0.2) is 0 Å². The Kier molecular flexibility index (Phi) is 9.65. The van der Waals surface area contributed by atoms with Crippen molar-refractivity contribution in [1.29, 1.82) is 0 Å². The van der Waals surface area contributed by atoms with Crippen molar-refractivity contribution in [3.05, 3.63) is 278 Å². The van der Waals surface area contributed by atoms with E-state index in [2.05, 4.69) is 299 Å². The van der Waals surface area contributed by atoms with Gasteiger partial charge < -0.3 is 27.4 Å². The van der Waals surface area contributed by atoms with E-state index in [9.17, 15) is 0 Å². The molecule has 0 unspecified atom stereocenters. The molecule has 6 heteroatoms. The van der Waals surface area contributed by atoms with Gasteiger partial charge in [-0.05, 0) is 109 Å². The highest BCUT2D eigenvalue weighted by molar-refractivity contribution is 6.29. The van der Waals surface area contributed by atoms with E-state index in [1.54, 1.807) is 0 Å². The Balaban J connectivity index is 0.813. The lowest BCUT2D eigenvalue weighted by Gasteiger charge is -2.25. The molecule has 0 aliphatic heterocycles. The summed E-state index contributed by atoms with van der Waals surface area (Å²) in [5, 5.41) is 14.2. The molecule has 0 aliphatic rings. The topological polar surface area (TPSA) is 41.6 Å². The summed E-state index contributed by atoms with van der Waals surface area (Å²) in [7, 11) is 0. The third kappa shape index (κ3) is 6.44. The Labute approximate surface area is 493 Å². The fourth-order valence-corrected chi connectivity index (χ4v) is 14.8. The van der Waals surface area contributed by atoms with Gasteiger partial charge in [0.25, 0.3) is 0 Å². The van der Waals surface area contributed by atoms with E-state index in [0.29, 0.717) is 0 Å². The molecule has 0 spiro atoms. The first-order valence-electron chi connectivity index (χ1n) is 29.6. The summed E-state index contributed by atoms with van der Waals surface area (Å²) in [5.41, 5.74) is 23.7. The van der Waals surface area contributed by atoms with Gasteiger partial charge in [-0.15, -0.1) is 0 Å². The van der Waals surface area contributed by atoms with Gasteiger partial charge in [-0.1, -0.05) is 194 Å². The van der Waals surface area contributed by atoms with Crippen molar-refractivity contribution < 1.29 is 8.83 Å². The highest BCUT2D eigenvalue weighted by atomic mass is 16.3. The van der Waals surface area contributed by atoms with Gasteiger partial charge in [-0.2, -0.15) is 0 Å². The molecule has 0 atom stereocenters. The fraction of sp³-hybridized carbons (Fsp3) is 0.0250. The predicted octanol–water partition coefficient (Wildman–Crippen LogP) is 22.7. The van der Waals surface area contributed by atoms with Crippen LogP contribution >= 0.6 is 0 Å². The Morgan fingerprint density at radius 3 is 1.01 bits per heavy atom. The van der Waals surface area contributed by atoms with E-state index in [0.717, 1.165) is 100 Å². The number of aromatic nitrogens is 2. The first-order valence-corrected chi connectivity index (χ1v) is 29.6. The van der Waals surface area contributed by atoms with Crippen molar-refractivity contribution in [2.24, 2.45) is 0 Å². The number of aryl methyl sites for hydroxylation is 2. The quantitative estimate of drug-likeness (QED) is 0.152. The number of anilines is 6. The first kappa shape index (κ1) is 47.2. The normalized spacial score (nSPS) is 12.3. The number of rotatable bonds is 8. The van der Waals surface area contributed by atoms with E-state index in [1.165, 1.54) is 87.4 Å². The predicted molar refractivity (Wildman–Crippen MR) is 360 cm³/mol. The molecule has 6 aromatic heterocycles. The molecular formula is C80H50N4O2. The second-order valence-electron chi connectivity index (χ2n) is 23.2. The van der Waals surface area contributed by atoms with Crippen LogP contribution in [-0.4, -0.2) is 8.80 Å². The van der Waals surface area contributed by atoms with Crippen molar-refractivity contribution in [1.82, 2.24) is 8.80 Å². The van der Waals surface area contributed by atoms with Crippen LogP contribution in [0.3, 0.4) is 0 Å². The van der Waals surface area contributed by atoms with Gasteiger partial charge in [0.2, 0.25) is 0 Å². The highest BCUT2D eigenvalue weighted by Crippen LogP contribution is 2.50. The van der Waals surface area contributed by atoms with Crippen molar-refractivity contribution in [2.75, 3.05) is 9.80 Å². The molecule has 19 aromatic rings. The molecule has 6 nitrogen and oxygen atoms in total. The number of furan rings is 2. The van der Waals surface area contributed by atoms with Crippen LogP contribution in [0.1, 0.15) is 11.1 Å². The minimum atomic E-state index is 0.849. The van der Waals surface area contributed by atoms with Crippen LogP contribution in [0.5, 0.6) is 0 Å². The molecule has 19 rings (SSSR count). The summed E-state index contributed by atoms with van der Waals surface area (Å²) in [4.78, 5) is 4.74. The summed E-state index contributed by atoms with van der Waals surface area (Å²) >= 11 is 0. The van der Waals surface area contributed by atoms with Gasteiger partial charge in [0, 0.05) is 98.5 Å². The lowest BCUT2D eigenvalue weighted by Crippen LogP contribution is -2.10. The van der Waals surface area contributed by atoms with Crippen LogP contribution in [0.15, 0.2) is 276 Å². The summed E-state index contributed by atoms with van der Waals surface area (Å²) in [6, 6.07) is 97.3. The van der Waals surface area contributed by atoms with Gasteiger partial charge in [0.1, 0.15) is 11.2 Å². The molecule has 0 aliphatic carbocycles. The summed E-state index contributed by atoms with van der Waals surface area (Å²) in [5.74, 6) is 0. The smallest absolute Gasteiger partial charge is 0.159 e. The highest BCUT2D eigenvalue weighted by Gasteiger charge is 2.27. The average molecular weight is 1100 g/mol. The largest absolute Gasteiger partial charge is 0.453 e. The summed E-state index contributed by atoms with van der Waals surface area (Å²) in [6.07, 6.45) is 0. The Bertz CT molecular complexity index is 5630. The van der Waals surface area contributed by atoms with E-state index >= 15 is 0 Å². The Hall–Kier alpha value is -11.3. The zero-order valence-corrected chi connectivity index (χ0v) is 47.0. The zero-order chi connectivity index (χ0) is 56.5. The average Bonchev–Trinajstić information content (AvgIpc) is 2.97. The third-order valence-corrected chi connectivity index (χ3v) is 18.6. The van der Waals surface area contributed by atoms with Crippen LogP contribution in [0.4, 0.5) is 34.1 Å². The van der Waals surface area contributed by atoms with Crippen LogP contribution < -0.4 is 9.80 Å². The van der Waals surface area contributed by atoms with Crippen molar-refractivity contribution in [3.63, 3.8) is 0 Å².